The highest BCUT2D eigenvalue weighted by Crippen LogP contribution is 2.40. The number of rotatable bonds is 8. The van der Waals surface area contributed by atoms with Crippen LogP contribution in [0.1, 0.15) is 61.3 Å². The maximum absolute atomic E-state index is 15.1. The maximum Gasteiger partial charge on any atom is 0.251 e. The van der Waals surface area contributed by atoms with Crippen molar-refractivity contribution in [3.8, 4) is 6.07 Å². The van der Waals surface area contributed by atoms with E-state index >= 15 is 4.79 Å². The van der Waals surface area contributed by atoms with Crippen molar-refractivity contribution in [1.29, 1.82) is 5.26 Å². The van der Waals surface area contributed by atoms with Gasteiger partial charge in [-0.15, -0.1) is 0 Å². The second kappa shape index (κ2) is 13.3. The third kappa shape index (κ3) is 6.30. The van der Waals surface area contributed by atoms with Crippen molar-refractivity contribution in [2.45, 2.75) is 67.0 Å². The SMILES string of the molecule is CN(C(=O)C(c1ccccc1CI)N(C(=O)[C@@H]1CCC(=O)N1c1cc(C#N)ccn1)c1cccc2nc[nH]c12)C1CCC(F)(F)CC1. The Morgan fingerprint density at radius 2 is 1.89 bits per heavy atom. The van der Waals surface area contributed by atoms with Crippen molar-refractivity contribution >= 4 is 62.9 Å². The van der Waals surface area contributed by atoms with Crippen LogP contribution in [0.25, 0.3) is 11.0 Å². The molecule has 0 radical (unpaired) electrons. The molecular formula is C34H32F2IN7O3. The molecule has 1 saturated heterocycles. The summed E-state index contributed by atoms with van der Waals surface area (Å²) in [6, 6.07) is 14.9. The van der Waals surface area contributed by atoms with E-state index in [1.54, 1.807) is 31.3 Å². The number of benzene rings is 2. The van der Waals surface area contributed by atoms with Crippen molar-refractivity contribution < 1.29 is 23.2 Å². The van der Waals surface area contributed by atoms with Gasteiger partial charge in [-0.05, 0) is 54.7 Å². The molecule has 1 aliphatic heterocycles. The van der Waals surface area contributed by atoms with Gasteiger partial charge < -0.3 is 9.88 Å². The Kier molecular flexibility index (Phi) is 9.23. The minimum atomic E-state index is -2.78. The number of amides is 3. The topological polar surface area (TPSA) is 126 Å². The van der Waals surface area contributed by atoms with Gasteiger partial charge in [-0.1, -0.05) is 52.9 Å². The smallest absolute Gasteiger partial charge is 0.251 e. The van der Waals surface area contributed by atoms with Gasteiger partial charge in [-0.3, -0.25) is 24.2 Å². The third-order valence-corrected chi connectivity index (χ3v) is 9.94. The minimum Gasteiger partial charge on any atom is -0.343 e. The molecule has 6 rings (SSSR count). The van der Waals surface area contributed by atoms with Crippen LogP contribution in [-0.4, -0.2) is 62.6 Å². The lowest BCUT2D eigenvalue weighted by Crippen LogP contribution is -2.53. The van der Waals surface area contributed by atoms with Gasteiger partial charge in [0.15, 0.2) is 0 Å². The summed E-state index contributed by atoms with van der Waals surface area (Å²) in [6.45, 7) is 0. The maximum atomic E-state index is 15.1. The molecule has 2 fully saturated rings. The minimum absolute atomic E-state index is 0.0656. The molecule has 47 heavy (non-hydrogen) atoms. The average molecular weight is 752 g/mol. The van der Waals surface area contributed by atoms with E-state index in [-0.39, 0.29) is 55.8 Å². The molecule has 4 aromatic rings. The molecule has 2 aliphatic rings. The highest BCUT2D eigenvalue weighted by atomic mass is 127. The number of imidazole rings is 1. The monoisotopic (exact) mass is 751 g/mol. The molecule has 0 spiro atoms. The predicted molar refractivity (Wildman–Crippen MR) is 180 cm³/mol. The number of para-hydroxylation sites is 1. The molecule has 13 heteroatoms. The van der Waals surface area contributed by atoms with E-state index in [2.05, 4.69) is 37.5 Å². The number of aromatic nitrogens is 3. The number of nitrogens with one attached hydrogen (secondary N) is 1. The number of pyridine rings is 1. The first-order valence-corrected chi connectivity index (χ1v) is 16.9. The van der Waals surface area contributed by atoms with Crippen LogP contribution in [0.15, 0.2) is 67.1 Å². The number of hydrogen-bond acceptors (Lipinski definition) is 6. The Labute approximate surface area is 283 Å². The van der Waals surface area contributed by atoms with Crippen LogP contribution in [0, 0.1) is 11.3 Å². The van der Waals surface area contributed by atoms with E-state index in [1.165, 1.54) is 39.4 Å². The van der Waals surface area contributed by atoms with Crippen LogP contribution in [0.5, 0.6) is 0 Å². The van der Waals surface area contributed by atoms with E-state index in [4.69, 9.17) is 0 Å². The molecule has 10 nitrogen and oxygen atoms in total. The fourth-order valence-corrected chi connectivity index (χ4v) is 7.31. The number of hydrogen-bond donors (Lipinski definition) is 1. The van der Waals surface area contributed by atoms with Crippen molar-refractivity contribution in [1.82, 2.24) is 19.9 Å². The number of carbonyl (C=O) groups excluding carboxylic acids is 3. The fraction of sp³-hybridized carbons (Fsp3) is 0.353. The van der Waals surface area contributed by atoms with E-state index < -0.39 is 35.9 Å². The average Bonchev–Trinajstić information content (AvgIpc) is 3.73. The second-order valence-corrected chi connectivity index (χ2v) is 12.6. The molecule has 1 aliphatic carbocycles. The van der Waals surface area contributed by atoms with E-state index in [9.17, 15) is 23.6 Å². The van der Waals surface area contributed by atoms with Gasteiger partial charge in [0.25, 0.3) is 5.91 Å². The number of alkyl halides is 3. The zero-order chi connectivity index (χ0) is 33.3. The number of nitrogens with zero attached hydrogens (tertiary/aromatic N) is 6. The van der Waals surface area contributed by atoms with Crippen molar-refractivity contribution in [2.24, 2.45) is 0 Å². The number of H-pyrrole nitrogens is 1. The first kappa shape index (κ1) is 32.5. The van der Waals surface area contributed by atoms with E-state index in [1.807, 2.05) is 24.3 Å². The van der Waals surface area contributed by atoms with Crippen LogP contribution in [0.3, 0.4) is 0 Å². The number of aromatic amines is 1. The van der Waals surface area contributed by atoms with Gasteiger partial charge in [-0.2, -0.15) is 5.26 Å². The van der Waals surface area contributed by atoms with Gasteiger partial charge in [0.1, 0.15) is 17.9 Å². The molecule has 2 atom stereocenters. The Hall–Kier alpha value is -4.45. The summed E-state index contributed by atoms with van der Waals surface area (Å²) >= 11 is 2.21. The van der Waals surface area contributed by atoms with Crippen LogP contribution in [-0.2, 0) is 18.8 Å². The standard InChI is InChI=1S/C34H32F2IN7O3/c1-42(23-11-14-34(35,36)15-12-23)33(47)31(24-6-3-2-5-22(24)18-37)44(26-8-4-7-25-30(26)41-20-40-25)32(46)27-9-10-29(45)43(27)28-17-21(19-38)13-16-39-28/h2-8,13,16-17,20,23,27,31H,9-12,14-15,18H2,1H3,(H,40,41)/t27-,31?/m0/s1. The Bertz CT molecular complexity index is 1870. The van der Waals surface area contributed by atoms with Crippen molar-refractivity contribution in [2.75, 3.05) is 16.8 Å². The normalized spacial score (nSPS) is 18.6. The Morgan fingerprint density at radius 1 is 1.13 bits per heavy atom. The summed E-state index contributed by atoms with van der Waals surface area (Å²) in [6.07, 6.45) is 2.75. The van der Waals surface area contributed by atoms with Crippen LogP contribution >= 0.6 is 22.6 Å². The number of nitriles is 1. The summed E-state index contributed by atoms with van der Waals surface area (Å²) in [4.78, 5) is 59.4. The van der Waals surface area contributed by atoms with E-state index in [0.29, 0.717) is 26.7 Å². The lowest BCUT2D eigenvalue weighted by molar-refractivity contribution is -0.138. The van der Waals surface area contributed by atoms with Gasteiger partial charge in [-0.25, -0.2) is 18.7 Å². The summed E-state index contributed by atoms with van der Waals surface area (Å²) in [7, 11) is 1.61. The zero-order valence-electron chi connectivity index (χ0n) is 25.6. The molecule has 242 valence electrons. The van der Waals surface area contributed by atoms with Crippen molar-refractivity contribution in [3.05, 3.63) is 83.8 Å². The molecule has 1 unspecified atom stereocenters. The first-order valence-electron chi connectivity index (χ1n) is 15.3. The quantitative estimate of drug-likeness (QED) is 0.172. The van der Waals surface area contributed by atoms with Gasteiger partial charge >= 0.3 is 0 Å². The number of halogens is 3. The largest absolute Gasteiger partial charge is 0.343 e. The van der Waals surface area contributed by atoms with Crippen molar-refractivity contribution in [3.63, 3.8) is 0 Å². The number of fused-ring (bicyclic) bond motifs is 1. The highest BCUT2D eigenvalue weighted by Gasteiger charge is 2.46. The summed E-state index contributed by atoms with van der Waals surface area (Å²) in [5.74, 6) is -3.89. The lowest BCUT2D eigenvalue weighted by atomic mass is 9.90. The summed E-state index contributed by atoms with van der Waals surface area (Å²) in [5, 5.41) is 9.51. The zero-order valence-corrected chi connectivity index (χ0v) is 27.7. The third-order valence-electron chi connectivity index (χ3n) is 9.12. The summed E-state index contributed by atoms with van der Waals surface area (Å²) < 4.78 is 28.8. The number of anilines is 2. The highest BCUT2D eigenvalue weighted by molar-refractivity contribution is 14.1. The fourth-order valence-electron chi connectivity index (χ4n) is 6.61. The molecule has 1 saturated carbocycles. The molecule has 3 amide bonds. The Balaban J connectivity index is 1.52. The van der Waals surface area contributed by atoms with Gasteiger partial charge in [0.2, 0.25) is 17.7 Å². The van der Waals surface area contributed by atoms with Gasteiger partial charge in [0.05, 0.1) is 34.7 Å². The predicted octanol–water partition coefficient (Wildman–Crippen LogP) is 6.07. The van der Waals surface area contributed by atoms with Crippen LogP contribution in [0.4, 0.5) is 20.3 Å². The van der Waals surface area contributed by atoms with Crippen LogP contribution in [0.2, 0.25) is 0 Å². The Morgan fingerprint density at radius 3 is 2.64 bits per heavy atom. The molecule has 2 aromatic carbocycles. The van der Waals surface area contributed by atoms with Crippen LogP contribution < -0.4 is 9.80 Å². The first-order chi connectivity index (χ1) is 22.6. The molecule has 2 aromatic heterocycles. The number of likely N-dealkylation sites (N-methyl/N-ethyl adjacent to an activating group) is 1. The van der Waals surface area contributed by atoms with E-state index in [0.717, 1.165) is 5.56 Å². The summed E-state index contributed by atoms with van der Waals surface area (Å²) in [5.41, 5.74) is 3.17. The molecule has 0 bridgehead atoms. The lowest BCUT2D eigenvalue weighted by Gasteiger charge is -2.40. The van der Waals surface area contributed by atoms with Gasteiger partial charge in [0, 0.05) is 43.0 Å². The second-order valence-electron chi connectivity index (χ2n) is 11.9. The number of carbonyl (C=O) groups is 3. The molecular weight excluding hydrogens is 719 g/mol. The molecule has 1 N–H and O–H groups in total. The molecule has 3 heterocycles.